The zero-order valence-electron chi connectivity index (χ0n) is 12.1. The number of benzene rings is 1. The topological polar surface area (TPSA) is 79.5 Å². The third kappa shape index (κ3) is 3.15. The number of nitrogens with zero attached hydrogens (tertiary/aromatic N) is 2. The maximum atomic E-state index is 11.9. The fourth-order valence-electron chi connectivity index (χ4n) is 1.81. The summed E-state index contributed by atoms with van der Waals surface area (Å²) in [5, 5.41) is 7.63. The predicted molar refractivity (Wildman–Crippen MR) is 88.7 cm³/mol. The van der Waals surface area contributed by atoms with Crippen molar-refractivity contribution in [2.45, 2.75) is 13.8 Å². The van der Waals surface area contributed by atoms with Gasteiger partial charge in [-0.15, -0.1) is 0 Å². The highest BCUT2D eigenvalue weighted by Gasteiger charge is 2.10. The maximum Gasteiger partial charge on any atom is 0.291 e. The van der Waals surface area contributed by atoms with Crippen molar-refractivity contribution in [1.82, 2.24) is 4.98 Å². The summed E-state index contributed by atoms with van der Waals surface area (Å²) in [6.45, 7) is 3.81. The monoisotopic (exact) mass is 314 g/mol. The first-order chi connectivity index (χ1) is 10.6. The van der Waals surface area contributed by atoms with Crippen LogP contribution in [-0.2, 0) is 0 Å². The van der Waals surface area contributed by atoms with E-state index in [1.807, 2.05) is 26.0 Å². The normalized spacial score (nSPS) is 10.5. The molecule has 0 aliphatic heterocycles. The van der Waals surface area contributed by atoms with Gasteiger partial charge in [-0.25, -0.2) is 4.98 Å². The Morgan fingerprint density at radius 2 is 2.18 bits per heavy atom. The summed E-state index contributed by atoms with van der Waals surface area (Å²) in [5.74, 6) is -0.00191. The number of hydrogen-bond acceptors (Lipinski definition) is 6. The Morgan fingerprint density at radius 3 is 2.91 bits per heavy atom. The minimum Gasteiger partial charge on any atom is -0.459 e. The van der Waals surface area contributed by atoms with E-state index < -0.39 is 0 Å². The molecule has 2 aromatic heterocycles. The van der Waals surface area contributed by atoms with Crippen LogP contribution in [0.2, 0.25) is 0 Å². The molecule has 2 N–H and O–H groups in total. The summed E-state index contributed by atoms with van der Waals surface area (Å²) in [4.78, 5) is 16.4. The van der Waals surface area contributed by atoms with Gasteiger partial charge in [0.05, 0.1) is 16.5 Å². The molecule has 1 aromatic carbocycles. The third-order valence-electron chi connectivity index (χ3n) is 2.77. The fourth-order valence-corrected chi connectivity index (χ4v) is 2.66. The van der Waals surface area contributed by atoms with Gasteiger partial charge in [0.25, 0.3) is 5.91 Å². The number of fused-ring (bicyclic) bond motifs is 1. The minimum absolute atomic E-state index is 0.277. The number of thiazole rings is 1. The van der Waals surface area contributed by atoms with E-state index >= 15 is 0 Å². The lowest BCUT2D eigenvalue weighted by Crippen LogP contribution is -2.10. The highest BCUT2D eigenvalue weighted by molar-refractivity contribution is 7.22. The molecule has 3 rings (SSSR count). The molecule has 0 radical (unpaired) electrons. The summed E-state index contributed by atoms with van der Waals surface area (Å²) in [7, 11) is 0. The van der Waals surface area contributed by atoms with Crippen LogP contribution in [0.15, 0.2) is 46.1 Å². The summed E-state index contributed by atoms with van der Waals surface area (Å²) >= 11 is 1.47. The molecule has 6 nitrogen and oxygen atoms in total. The molecule has 0 saturated heterocycles. The number of anilines is 2. The van der Waals surface area contributed by atoms with Crippen LogP contribution < -0.4 is 10.7 Å². The van der Waals surface area contributed by atoms with Gasteiger partial charge in [-0.1, -0.05) is 11.3 Å². The zero-order valence-corrected chi connectivity index (χ0v) is 12.9. The lowest BCUT2D eigenvalue weighted by molar-refractivity contribution is 0.0996. The second kappa shape index (κ2) is 5.98. The Hall–Kier alpha value is -2.67. The van der Waals surface area contributed by atoms with Crippen LogP contribution in [0.1, 0.15) is 24.4 Å². The van der Waals surface area contributed by atoms with Crippen LogP contribution in [0.25, 0.3) is 10.2 Å². The van der Waals surface area contributed by atoms with Crippen LogP contribution in [-0.4, -0.2) is 16.6 Å². The maximum absolute atomic E-state index is 11.9. The van der Waals surface area contributed by atoms with Crippen LogP contribution in [0.4, 0.5) is 10.8 Å². The molecule has 0 atom stereocenters. The van der Waals surface area contributed by atoms with Crippen molar-refractivity contribution >= 4 is 44.0 Å². The highest BCUT2D eigenvalue weighted by Crippen LogP contribution is 2.28. The predicted octanol–water partition coefficient (Wildman–Crippen LogP) is 3.95. The number of rotatable bonds is 4. The molecule has 2 heterocycles. The van der Waals surface area contributed by atoms with Crippen LogP contribution in [0.3, 0.4) is 0 Å². The number of hydrazone groups is 1. The summed E-state index contributed by atoms with van der Waals surface area (Å²) in [6, 6.07) is 8.84. The lowest BCUT2D eigenvalue weighted by Gasteiger charge is -2.02. The number of furan rings is 1. The molecule has 0 aliphatic rings. The summed E-state index contributed by atoms with van der Waals surface area (Å²) < 4.78 is 6.03. The Morgan fingerprint density at radius 1 is 1.32 bits per heavy atom. The van der Waals surface area contributed by atoms with Gasteiger partial charge >= 0.3 is 0 Å². The van der Waals surface area contributed by atoms with E-state index in [0.29, 0.717) is 10.8 Å². The van der Waals surface area contributed by atoms with Gasteiger partial charge < -0.3 is 9.73 Å². The SMILES string of the molecule is CC(C)=NNc1nc2ccc(NC(=O)c3ccco3)cc2s1. The molecule has 3 aromatic rings. The van der Waals surface area contributed by atoms with Gasteiger partial charge in [0.15, 0.2) is 5.76 Å². The molecule has 0 fully saturated rings. The molecule has 112 valence electrons. The Bertz CT molecular complexity index is 832. The van der Waals surface area contributed by atoms with Gasteiger partial charge in [0.1, 0.15) is 0 Å². The number of nitrogens with one attached hydrogen (secondary N) is 2. The average molecular weight is 314 g/mol. The molecule has 0 unspecified atom stereocenters. The lowest BCUT2D eigenvalue weighted by atomic mass is 10.3. The standard InChI is InChI=1S/C15H14N4O2S/c1-9(2)18-19-15-17-11-6-5-10(8-13(11)22-15)16-14(20)12-4-3-7-21-12/h3-8H,1-2H3,(H,16,20)(H,17,19). The number of amides is 1. The highest BCUT2D eigenvalue weighted by atomic mass is 32.1. The molecule has 7 heteroatoms. The number of hydrogen-bond donors (Lipinski definition) is 2. The van der Waals surface area contributed by atoms with E-state index in [9.17, 15) is 4.79 Å². The van der Waals surface area contributed by atoms with Crippen molar-refractivity contribution in [2.24, 2.45) is 5.10 Å². The first-order valence-corrected chi connectivity index (χ1v) is 7.46. The number of carbonyl (C=O) groups is 1. The van der Waals surface area contributed by atoms with Gasteiger partial charge in [-0.05, 0) is 44.2 Å². The Labute approximate surface area is 130 Å². The van der Waals surface area contributed by atoms with E-state index in [1.165, 1.54) is 17.6 Å². The molecule has 0 spiro atoms. The molecular weight excluding hydrogens is 300 g/mol. The van der Waals surface area contributed by atoms with Crippen molar-refractivity contribution in [3.8, 4) is 0 Å². The van der Waals surface area contributed by atoms with Crippen molar-refractivity contribution < 1.29 is 9.21 Å². The van der Waals surface area contributed by atoms with Crippen molar-refractivity contribution in [2.75, 3.05) is 10.7 Å². The first-order valence-electron chi connectivity index (χ1n) is 6.64. The third-order valence-corrected chi connectivity index (χ3v) is 3.69. The van der Waals surface area contributed by atoms with Crippen LogP contribution in [0, 0.1) is 0 Å². The van der Waals surface area contributed by atoms with Gasteiger partial charge in [-0.3, -0.25) is 10.2 Å². The summed E-state index contributed by atoms with van der Waals surface area (Å²) in [6.07, 6.45) is 1.47. The number of carbonyl (C=O) groups excluding carboxylic acids is 1. The van der Waals surface area contributed by atoms with Gasteiger partial charge in [-0.2, -0.15) is 5.10 Å². The second-order valence-electron chi connectivity index (χ2n) is 4.80. The van der Waals surface area contributed by atoms with Gasteiger partial charge in [0, 0.05) is 11.4 Å². The largest absolute Gasteiger partial charge is 0.459 e. The van der Waals surface area contributed by atoms with Crippen LogP contribution >= 0.6 is 11.3 Å². The number of aromatic nitrogens is 1. The molecule has 0 aliphatic carbocycles. The van der Waals surface area contributed by atoms with E-state index in [1.54, 1.807) is 18.2 Å². The fraction of sp³-hybridized carbons (Fsp3) is 0.133. The smallest absolute Gasteiger partial charge is 0.291 e. The van der Waals surface area contributed by atoms with E-state index in [-0.39, 0.29) is 11.7 Å². The summed E-state index contributed by atoms with van der Waals surface area (Å²) in [5.41, 5.74) is 5.38. The Kier molecular flexibility index (Phi) is 3.88. The molecule has 0 bridgehead atoms. The minimum atomic E-state index is -0.279. The average Bonchev–Trinajstić information content (AvgIpc) is 3.13. The van der Waals surface area contributed by atoms with E-state index in [0.717, 1.165) is 15.9 Å². The Balaban J connectivity index is 1.80. The zero-order chi connectivity index (χ0) is 15.5. The van der Waals surface area contributed by atoms with Gasteiger partial charge in [0.2, 0.25) is 5.13 Å². The molecule has 22 heavy (non-hydrogen) atoms. The van der Waals surface area contributed by atoms with Crippen molar-refractivity contribution in [3.63, 3.8) is 0 Å². The second-order valence-corrected chi connectivity index (χ2v) is 5.83. The van der Waals surface area contributed by atoms with E-state index in [4.69, 9.17) is 4.42 Å². The molecule has 1 amide bonds. The molecule has 0 saturated carbocycles. The molecular formula is C15H14N4O2S. The van der Waals surface area contributed by atoms with E-state index in [2.05, 4.69) is 20.8 Å². The quantitative estimate of drug-likeness (QED) is 0.564. The van der Waals surface area contributed by atoms with Crippen LogP contribution in [0.5, 0.6) is 0 Å². The first kappa shape index (κ1) is 14.3. The van der Waals surface area contributed by atoms with Crippen molar-refractivity contribution in [3.05, 3.63) is 42.4 Å². The van der Waals surface area contributed by atoms with Crippen molar-refractivity contribution in [1.29, 1.82) is 0 Å².